The maximum Gasteiger partial charge on any atom is 0.499 e. The molecule has 2 N–H and O–H groups in total. The normalized spacial score (nSPS) is 23.9. The fourth-order valence-corrected chi connectivity index (χ4v) is 20.2. The van der Waals surface area contributed by atoms with Crippen LogP contribution in [0, 0.1) is 3.57 Å². The van der Waals surface area contributed by atoms with Gasteiger partial charge in [-0.15, -0.1) is 0 Å². The molecule has 9 atom stereocenters. The van der Waals surface area contributed by atoms with Crippen molar-refractivity contribution in [3.05, 3.63) is 156 Å². The minimum absolute atomic E-state index is 0. The van der Waals surface area contributed by atoms with Gasteiger partial charge in [0.05, 0.1) is 86.0 Å². The molecular weight excluding hydrogens is 1950 g/mol. The zero-order chi connectivity index (χ0) is 83.2. The summed E-state index contributed by atoms with van der Waals surface area (Å²) in [5.41, 5.74) is 20.0. The lowest BCUT2D eigenvalue weighted by Crippen LogP contribution is -2.40. The highest BCUT2D eigenvalue weighted by atomic mass is 127. The maximum absolute atomic E-state index is 6.29. The molecule has 7 aromatic carbocycles. The smallest absolute Gasteiger partial charge is 0.492 e. The number of hydrogen-bond donors (Lipinski definition) is 1. The van der Waals surface area contributed by atoms with E-state index >= 15 is 0 Å². The van der Waals surface area contributed by atoms with Crippen molar-refractivity contribution in [1.82, 2.24) is 0 Å². The first-order valence-corrected chi connectivity index (χ1v) is 45.4. The summed E-state index contributed by atoms with van der Waals surface area (Å²) in [4.78, 5) is 0. The molecule has 7 aromatic rings. The third-order valence-electron chi connectivity index (χ3n) is 22.2. The van der Waals surface area contributed by atoms with Crippen molar-refractivity contribution in [2.75, 3.05) is 72.6 Å². The van der Waals surface area contributed by atoms with Gasteiger partial charge in [0.15, 0.2) is 0 Å². The van der Waals surface area contributed by atoms with Gasteiger partial charge in [-0.2, -0.15) is 27.0 Å². The second-order valence-electron chi connectivity index (χ2n) is 31.5. The molecule has 0 radical (unpaired) electrons. The Balaban J connectivity index is 0.000000121. The van der Waals surface area contributed by atoms with Gasteiger partial charge in [0, 0.05) is 93.5 Å². The Labute approximate surface area is 773 Å². The molecule has 0 bridgehead atoms. The predicted molar refractivity (Wildman–Crippen MR) is 500 cm³/mol. The Kier molecular flexibility index (Phi) is 32.2. The summed E-state index contributed by atoms with van der Waals surface area (Å²) in [5, 5.41) is 2.21. The van der Waals surface area contributed by atoms with Crippen LogP contribution in [0.3, 0.4) is 0 Å². The number of nitrogens with two attached hydrogens (primary N) is 1. The van der Waals surface area contributed by atoms with E-state index in [1.165, 1.54) is 20.3 Å². The number of halogens is 7. The number of rotatable bonds is 7. The van der Waals surface area contributed by atoms with Crippen LogP contribution in [0.15, 0.2) is 98.3 Å². The van der Waals surface area contributed by atoms with Crippen molar-refractivity contribution in [2.45, 2.75) is 188 Å². The molecule has 0 saturated carbocycles. The molecule has 0 aromatic heterocycles. The van der Waals surface area contributed by atoms with Gasteiger partial charge in [-0.3, -0.25) is 0 Å². The van der Waals surface area contributed by atoms with Gasteiger partial charge in [-0.05, 0) is 210 Å². The molecule has 14 aliphatic heterocycles. The number of benzene rings is 7. The molecule has 21 rings (SSSR count). The van der Waals surface area contributed by atoms with Crippen LogP contribution >= 0.6 is 132 Å². The van der Waals surface area contributed by atoms with Gasteiger partial charge in [-0.1, -0.05) is 124 Å². The summed E-state index contributed by atoms with van der Waals surface area (Å²) < 4.78 is 127. The molecule has 0 aliphatic carbocycles. The Hall–Kier alpha value is -3.27. The standard InChI is InChI=1S/C13H16BClO3.C12H15BBrNO3.C12H14BBrO3.C12H14BClO3.C11H12BBrO3.C11H12BClO3.C11H12BIO3.2H2S/c1-4-9-11-8(15)5-6-10-12(11)14(17-9)18-13(2,3)7-16-10;1-12(2)6-16-8-4-3-7(14)10-9(5-15)17-13(18-12)11(8)10;2*1-3-9-11-8(14)4-5-10-12(11)13(17-9)16-7(2)6-15-10;3*1-2-8-10-7(13)3-4-9-11(10)12(16-8)15-6-5-14-9;;/h5-6,9H,4,7H2,1-3H3;3-4,9H,5-6,15H2,1-2H3;2*4-5,7,9H,3,6H2,1-2H3;3*3-4,8H,2,5-6H2,1H3;2*1H2/t2*9-;2*7?,9-;3*8-;;/m1111111../s1. The van der Waals surface area contributed by atoms with Crippen molar-refractivity contribution in [1.29, 1.82) is 0 Å². The molecule has 2 unspecified atom stereocenters. The van der Waals surface area contributed by atoms with Gasteiger partial charge in [0.2, 0.25) is 0 Å². The first-order chi connectivity index (χ1) is 56.9. The van der Waals surface area contributed by atoms with Crippen LogP contribution < -0.4 is 77.1 Å². The predicted octanol–water partition coefficient (Wildman–Crippen LogP) is 14.9. The minimum atomic E-state index is -0.390. The molecule has 14 heterocycles. The fourth-order valence-electron chi connectivity index (χ4n) is 16.7. The van der Waals surface area contributed by atoms with Gasteiger partial charge >= 0.3 is 49.8 Å². The molecule has 0 amide bonds. The van der Waals surface area contributed by atoms with E-state index in [0.717, 1.165) is 168 Å². The quantitative estimate of drug-likeness (QED) is 0.116. The van der Waals surface area contributed by atoms with Crippen molar-refractivity contribution in [3.8, 4) is 40.2 Å². The highest BCUT2D eigenvalue weighted by Crippen LogP contribution is 2.45. The second-order valence-corrected chi connectivity index (χ2v) is 36.4. The molecule has 0 fully saturated rings. The molecule has 38 heteroatoms. The lowest BCUT2D eigenvalue weighted by atomic mass is 9.77. The topological polar surface area (TPSA) is 220 Å². The van der Waals surface area contributed by atoms with Crippen LogP contribution in [0.4, 0.5) is 0 Å². The van der Waals surface area contributed by atoms with E-state index in [4.69, 9.17) is 139 Å². The summed E-state index contributed by atoms with van der Waals surface area (Å²) >= 11 is 31.9. The molecule has 0 spiro atoms. The van der Waals surface area contributed by atoms with Crippen LogP contribution in [0.25, 0.3) is 0 Å². The third kappa shape index (κ3) is 19.7. The van der Waals surface area contributed by atoms with Crippen molar-refractivity contribution in [2.24, 2.45) is 5.73 Å². The number of ether oxygens (including phenoxy) is 7. The molecule has 120 heavy (non-hydrogen) atoms. The van der Waals surface area contributed by atoms with E-state index < -0.39 is 7.12 Å². The van der Waals surface area contributed by atoms with Gasteiger partial charge in [0.1, 0.15) is 86.5 Å². The number of hydrogen-bond acceptors (Lipinski definition) is 22. The van der Waals surface area contributed by atoms with Crippen LogP contribution in [0.2, 0.25) is 15.1 Å². The molecule has 640 valence electrons. The minimum Gasteiger partial charge on any atom is -0.492 e. The van der Waals surface area contributed by atoms with E-state index in [1.54, 1.807) is 0 Å². The third-order valence-corrected chi connectivity index (χ3v) is 26.2. The van der Waals surface area contributed by atoms with Crippen LogP contribution in [-0.2, 0) is 65.2 Å². The largest absolute Gasteiger partial charge is 0.499 e. The van der Waals surface area contributed by atoms with Crippen LogP contribution in [0.5, 0.6) is 40.2 Å². The lowest BCUT2D eigenvalue weighted by molar-refractivity contribution is 0.0267. The Morgan fingerprint density at radius 2 is 0.608 bits per heavy atom. The zero-order valence-corrected chi connectivity index (χ0v) is 80.3. The Bertz CT molecular complexity index is 4460. The second kappa shape index (κ2) is 41.0. The zero-order valence-electron chi connectivity index (χ0n) is 69.1. The van der Waals surface area contributed by atoms with Gasteiger partial charge in [0.25, 0.3) is 0 Å². The molecule has 14 aliphatic rings. The highest BCUT2D eigenvalue weighted by Gasteiger charge is 2.51. The van der Waals surface area contributed by atoms with Crippen molar-refractivity contribution in [3.63, 3.8) is 0 Å². The van der Waals surface area contributed by atoms with E-state index in [1.807, 2.05) is 120 Å². The van der Waals surface area contributed by atoms with Crippen molar-refractivity contribution < 1.29 is 98.3 Å². The lowest BCUT2D eigenvalue weighted by Gasteiger charge is -2.25. The summed E-state index contributed by atoms with van der Waals surface area (Å²) in [6.45, 7) is 30.6. The van der Waals surface area contributed by atoms with Crippen LogP contribution in [-0.4, -0.2) is 146 Å². The summed E-state index contributed by atoms with van der Waals surface area (Å²) in [6, 6.07) is 27.4. The summed E-state index contributed by atoms with van der Waals surface area (Å²) in [7, 11) is -2.16. The first-order valence-electron chi connectivity index (χ1n) is 40.8. The van der Waals surface area contributed by atoms with E-state index in [2.05, 4.69) is 118 Å². The first kappa shape index (κ1) is 94.3. The van der Waals surface area contributed by atoms with Gasteiger partial charge < -0.3 is 104 Å². The summed E-state index contributed by atoms with van der Waals surface area (Å²) in [6.07, 6.45) is 5.78. The van der Waals surface area contributed by atoms with Gasteiger partial charge in [-0.25, -0.2) is 0 Å². The average molecular weight is 2050 g/mol. The summed E-state index contributed by atoms with van der Waals surface area (Å²) in [5.74, 6) is 6.08. The molecular formula is C82H99B7Br3Cl3INO21S2. The van der Waals surface area contributed by atoms with Crippen molar-refractivity contribution >= 4 is 220 Å². The van der Waals surface area contributed by atoms with Crippen LogP contribution in [0.1, 0.15) is 203 Å². The highest BCUT2D eigenvalue weighted by molar-refractivity contribution is 14.1. The SMILES string of the molecule is CC1(C)COc2ccc(Br)c3c2B(O[C@@H]3CN)O1.CC[C@H]1OB2OC(C)(C)COc3ccc(Cl)c1c32.CC[C@H]1OB2OC(C)COc3ccc(Br)c1c32.CC[C@H]1OB2OC(C)COc3ccc(Cl)c1c32.CC[C@H]1OB2OCCOc3ccc(Br)c1c32.CC[C@H]1OB2OCCOc3ccc(Cl)c1c32.CC[C@H]1OB2OCCOc3ccc(I)c1c32.S.S. The average Bonchev–Trinajstić information content (AvgIpc) is 1.59. The van der Waals surface area contributed by atoms with E-state index in [0.29, 0.717) is 72.6 Å². The monoisotopic (exact) mass is 2040 g/mol. The Morgan fingerprint density at radius 3 is 0.992 bits per heavy atom. The molecule has 0 saturated heterocycles. The molecule has 22 nitrogen and oxygen atoms in total. The maximum atomic E-state index is 6.29. The van der Waals surface area contributed by atoms with E-state index in [9.17, 15) is 0 Å². The van der Waals surface area contributed by atoms with E-state index in [-0.39, 0.29) is 136 Å². The fraction of sp³-hybridized carbons (Fsp3) is 0.488. The Morgan fingerprint density at radius 1 is 0.342 bits per heavy atom.